The molecule has 0 amide bonds. The van der Waals surface area contributed by atoms with Gasteiger partial charge in [-0.1, -0.05) is 387 Å². The maximum Gasteiger partial charge on any atom is 0.303 e. The first kappa shape index (κ1) is 120. The quantitative estimate of drug-likeness (QED) is 0.0315. The molecule has 0 aliphatic heterocycles. The van der Waals surface area contributed by atoms with Gasteiger partial charge in [0.2, 0.25) is 0 Å². The lowest BCUT2D eigenvalue weighted by Crippen LogP contribution is -2.32. The zero-order valence-corrected chi connectivity index (χ0v) is 82.6. The minimum Gasteiger partial charge on any atom is -0.497 e. The van der Waals surface area contributed by atoms with Crippen LogP contribution in [0.4, 0.5) is 0 Å². The SMILES string of the molecule is C=CCCC.C=CCOC(C)=O.CC.CC(=O)OC(C)(C)C.CC(=O)OCC1c2ccccc2-c2ccccc21.CC(=O)OCC[SiH2]C(C)(C)C.CC(=O)OCc1ccccc1.CC(C)(C)C.CC(C)(C)[Si](C)(C)C.CC(C)=O.CCC.CCc1ccc(OC)cc1.CCc1ccccc1.Cc1ccccc1.c1ccc(-c2ccccc2)cc1. The van der Waals surface area contributed by atoms with E-state index in [4.69, 9.17) is 23.7 Å². The molecule has 0 aromatic heterocycles. The summed E-state index contributed by atoms with van der Waals surface area (Å²) in [4.78, 5) is 61.4. The van der Waals surface area contributed by atoms with E-state index in [1.807, 2.05) is 144 Å². The highest BCUT2D eigenvalue weighted by atomic mass is 28.3. The van der Waals surface area contributed by atoms with Crippen molar-refractivity contribution in [1.29, 1.82) is 0 Å². The number of ether oxygens (including phenoxy) is 6. The van der Waals surface area contributed by atoms with Gasteiger partial charge < -0.3 is 33.2 Å². The molecule has 0 spiro atoms. The molecule has 0 N–H and O–H groups in total. The number of rotatable bonds is 15. The number of allylic oxidation sites excluding steroid dienone is 1. The molecule has 8 aromatic rings. The number of hydrogen-bond acceptors (Lipinski definition) is 12. The summed E-state index contributed by atoms with van der Waals surface area (Å²) >= 11 is 0. The van der Waals surface area contributed by atoms with E-state index in [0.29, 0.717) is 41.9 Å². The lowest BCUT2D eigenvalue weighted by Gasteiger charge is -2.32. The van der Waals surface area contributed by atoms with Crippen molar-refractivity contribution in [3.8, 4) is 28.0 Å². The Balaban J connectivity index is -0.000000294. The Morgan fingerprint density at radius 2 is 0.765 bits per heavy atom. The van der Waals surface area contributed by atoms with Crippen LogP contribution in [0, 0.1) is 12.3 Å². The maximum atomic E-state index is 11.0. The van der Waals surface area contributed by atoms with Crippen molar-refractivity contribution in [2.24, 2.45) is 5.41 Å². The minimum absolute atomic E-state index is 0.0706. The molecule has 0 saturated carbocycles. The molecule has 662 valence electrons. The Morgan fingerprint density at radius 1 is 0.437 bits per heavy atom. The molecule has 119 heavy (non-hydrogen) atoms. The molecule has 0 heterocycles. The van der Waals surface area contributed by atoms with E-state index in [2.05, 4.69) is 270 Å². The zero-order valence-electron chi connectivity index (χ0n) is 80.2. The van der Waals surface area contributed by atoms with Crippen LogP contribution in [0.2, 0.25) is 35.8 Å². The average Bonchev–Trinajstić information content (AvgIpc) is 1.62. The Hall–Kier alpha value is -9.51. The number of carbonyl (C=O) groups excluding carboxylic acids is 6. The Bertz CT molecular complexity index is 3660. The smallest absolute Gasteiger partial charge is 0.303 e. The van der Waals surface area contributed by atoms with E-state index in [1.165, 1.54) is 117 Å². The first-order valence-electron chi connectivity index (χ1n) is 42.1. The van der Waals surface area contributed by atoms with E-state index >= 15 is 0 Å². The van der Waals surface area contributed by atoms with Crippen LogP contribution in [-0.2, 0) is 71.9 Å². The molecule has 1 aliphatic rings. The third kappa shape index (κ3) is 82.0. The van der Waals surface area contributed by atoms with Gasteiger partial charge in [-0.25, -0.2) is 0 Å². The first-order valence-corrected chi connectivity index (χ1v) is 47.3. The molecular formula is C105H162O12Si2. The summed E-state index contributed by atoms with van der Waals surface area (Å²) in [6.45, 7) is 70.8. The lowest BCUT2D eigenvalue weighted by molar-refractivity contribution is -0.152. The third-order valence-electron chi connectivity index (χ3n) is 15.3. The largest absolute Gasteiger partial charge is 0.497 e. The molecule has 8 aromatic carbocycles. The van der Waals surface area contributed by atoms with Crippen LogP contribution in [0.15, 0.2) is 250 Å². The van der Waals surface area contributed by atoms with Gasteiger partial charge in [0.1, 0.15) is 37.0 Å². The minimum atomic E-state index is -0.859. The molecular weight excluding hydrogens is 1510 g/mol. The fraction of sp³-hybridized carbons (Fsp3) is 0.448. The van der Waals surface area contributed by atoms with Gasteiger partial charge in [0.15, 0.2) is 0 Å². The topological polar surface area (TPSA) is 158 Å². The summed E-state index contributed by atoms with van der Waals surface area (Å²) in [5.41, 5.74) is 12.8. The Labute approximate surface area is 729 Å². The number of esters is 5. The number of unbranched alkanes of at least 4 members (excludes halogenated alkanes) is 1. The number of carbonyl (C=O) groups is 6. The van der Waals surface area contributed by atoms with Gasteiger partial charge in [0.05, 0.1) is 13.7 Å². The van der Waals surface area contributed by atoms with Crippen molar-refractivity contribution < 1.29 is 57.2 Å². The van der Waals surface area contributed by atoms with E-state index in [9.17, 15) is 28.8 Å². The second-order valence-corrected chi connectivity index (χ2v) is 42.5. The van der Waals surface area contributed by atoms with Crippen LogP contribution in [0.5, 0.6) is 5.75 Å². The number of fused-ring (bicyclic) bond motifs is 3. The predicted octanol–water partition coefficient (Wildman–Crippen LogP) is 28.6. The summed E-state index contributed by atoms with van der Waals surface area (Å²) in [7, 11) is 0.752. The standard InChI is InChI=1S/C16H14O2.C12H10.C9H10O2.C9H12O.C8H18O2Si.C8H10.C7H18Si.C7H8.C6H12O2.C5H8O2.C5H12.C5H10.C3H6O.C3H8.C2H6/c1-11(17)18-10-16-14-8-4-2-6-12(14)13-7-3-5-9-15(13)16;1-3-7-11(8-4-1)12-9-5-2-6-10-12;1-8(10)11-7-9-5-3-2-4-6-9;1-3-8-4-6-9(10-2)7-5-8;1-7(9)10-5-6-11-8(2,3)4;1-2-8-6-4-3-5-7-8;1-7(2,3)8(4,5)6;1-7-5-3-2-4-6-7;1-5(7)8-6(2,3)4;1-3-4-7-5(2)6;1-5(2,3)4;1-3-5-4-2;1-3(2)4;1-3-2;1-2/h2-9,16H,10H2,1H3;1-10H;2-6H,7H2,1H3;4-7H,3H2,1-2H3;5-6,11H2,1-4H3;3-7H,2H2,1H3;1-6H3;2-6H,1H3;1-4H3;3H,1,4H2,2H3;1-4H3;3H,1,4-5H2,2H3;1-2H3;3H2,1-2H3;1-2H3. The molecule has 0 bridgehead atoms. The second-order valence-electron chi connectivity index (χ2n) is 33.2. The van der Waals surface area contributed by atoms with Crippen LogP contribution in [0.3, 0.4) is 0 Å². The van der Waals surface area contributed by atoms with Crippen LogP contribution in [0.25, 0.3) is 22.3 Å². The molecule has 1 aliphatic carbocycles. The molecule has 9 rings (SSSR count). The molecule has 0 saturated heterocycles. The van der Waals surface area contributed by atoms with Crippen LogP contribution in [-0.4, -0.2) is 85.8 Å². The highest BCUT2D eigenvalue weighted by molar-refractivity contribution is 6.78. The van der Waals surface area contributed by atoms with Gasteiger partial charge in [-0.15, -0.1) is 6.58 Å². The zero-order chi connectivity index (χ0) is 92.5. The van der Waals surface area contributed by atoms with E-state index in [-0.39, 0.29) is 56.7 Å². The fourth-order valence-corrected chi connectivity index (χ4v) is 9.75. The van der Waals surface area contributed by atoms with Gasteiger partial charge in [-0.2, -0.15) is 0 Å². The fourth-order valence-electron chi connectivity index (χ4n) is 8.40. The molecule has 14 heteroatoms. The van der Waals surface area contributed by atoms with Gasteiger partial charge in [0.25, 0.3) is 0 Å². The molecule has 0 fully saturated rings. The van der Waals surface area contributed by atoms with E-state index in [1.54, 1.807) is 7.11 Å². The summed E-state index contributed by atoms with van der Waals surface area (Å²) in [5.74, 6) is 0.148. The van der Waals surface area contributed by atoms with Crippen LogP contribution >= 0.6 is 0 Å². The number of benzene rings is 8. The highest BCUT2D eigenvalue weighted by Gasteiger charge is 2.30. The predicted molar refractivity (Wildman–Crippen MR) is 519 cm³/mol. The van der Waals surface area contributed by atoms with E-state index < -0.39 is 8.07 Å². The Kier molecular flexibility index (Phi) is 74.4. The normalized spacial score (nSPS) is 10.2. The van der Waals surface area contributed by atoms with Gasteiger partial charge in [-0.05, 0) is 145 Å². The summed E-state index contributed by atoms with van der Waals surface area (Å²) < 4.78 is 29.1. The van der Waals surface area contributed by atoms with Crippen molar-refractivity contribution in [2.45, 2.75) is 280 Å². The molecule has 0 unspecified atom stereocenters. The number of hydrogen-bond donors (Lipinski definition) is 0. The number of methoxy groups -OCH3 is 1. The van der Waals surface area contributed by atoms with Crippen molar-refractivity contribution in [2.75, 3.05) is 26.9 Å². The molecule has 0 radical (unpaired) electrons. The van der Waals surface area contributed by atoms with Gasteiger partial charge in [0, 0.05) is 58.1 Å². The monoisotopic (exact) mass is 1670 g/mol. The number of aryl methyl sites for hydroxylation is 3. The third-order valence-corrected chi connectivity index (χ3v) is 22.0. The first-order chi connectivity index (χ1) is 55.6. The van der Waals surface area contributed by atoms with Gasteiger partial charge >= 0.3 is 29.8 Å². The average molecular weight is 1670 g/mol. The summed E-state index contributed by atoms with van der Waals surface area (Å²) in [5, 5.41) is 1.06. The van der Waals surface area contributed by atoms with Crippen molar-refractivity contribution in [1.82, 2.24) is 0 Å². The number of Topliss-reactive ketones (excluding diaryl/α,β-unsaturated/α-hetero) is 1. The maximum absolute atomic E-state index is 11.0. The van der Waals surface area contributed by atoms with Crippen molar-refractivity contribution in [3.05, 3.63) is 283 Å². The summed E-state index contributed by atoms with van der Waals surface area (Å²) in [6.07, 6.45) is 9.32. The van der Waals surface area contributed by atoms with Crippen molar-refractivity contribution in [3.63, 3.8) is 0 Å². The van der Waals surface area contributed by atoms with Gasteiger partial charge in [-0.3, -0.25) is 24.0 Å². The number of ketones is 1. The van der Waals surface area contributed by atoms with Crippen LogP contribution in [0.1, 0.15) is 246 Å². The highest BCUT2D eigenvalue weighted by Crippen LogP contribution is 2.44. The molecule has 12 nitrogen and oxygen atoms in total. The second kappa shape index (κ2) is 73.6. The summed E-state index contributed by atoms with van der Waals surface area (Å²) in [6, 6.07) is 77.0. The van der Waals surface area contributed by atoms with Crippen molar-refractivity contribution >= 4 is 53.2 Å². The lowest BCUT2D eigenvalue weighted by atomic mass is 9.98. The molecule has 0 atom stereocenters. The van der Waals surface area contributed by atoms with E-state index in [0.717, 1.165) is 36.6 Å². The Morgan fingerprint density at radius 3 is 1.01 bits per heavy atom. The van der Waals surface area contributed by atoms with Crippen LogP contribution < -0.4 is 4.74 Å².